The smallest absolute Gasteiger partial charge is 0 e. The number of hydrogen-bond donors (Lipinski definition) is 0. The molecule has 0 atom stereocenters. The van der Waals surface area contributed by atoms with Crippen molar-refractivity contribution in [2.24, 2.45) is 0 Å². The standard InChI is InChI=1S/C8H10.Pd/c1-2-5-8-6-3-4-7-8;/h2-4,6H,1,5,7H2;. The number of rotatable bonds is 2. The Hall–Kier alpha value is -0.118. The van der Waals surface area contributed by atoms with Crippen molar-refractivity contribution in [2.75, 3.05) is 0 Å². The molecule has 1 aliphatic rings. The van der Waals surface area contributed by atoms with Gasteiger partial charge in [-0.15, -0.1) is 6.58 Å². The van der Waals surface area contributed by atoms with E-state index >= 15 is 0 Å². The molecule has 0 amide bonds. The second-order valence-corrected chi connectivity index (χ2v) is 1.95. The average Bonchev–Trinajstić information content (AvgIpc) is 2.19. The van der Waals surface area contributed by atoms with Crippen LogP contribution in [-0.4, -0.2) is 0 Å². The molecule has 0 nitrogen and oxygen atoms in total. The summed E-state index contributed by atoms with van der Waals surface area (Å²) >= 11 is 0. The Morgan fingerprint density at radius 3 is 2.89 bits per heavy atom. The van der Waals surface area contributed by atoms with E-state index in [4.69, 9.17) is 0 Å². The zero-order valence-electron chi connectivity index (χ0n) is 5.25. The van der Waals surface area contributed by atoms with E-state index in [1.807, 2.05) is 6.08 Å². The molecule has 0 fully saturated rings. The van der Waals surface area contributed by atoms with E-state index in [1.165, 1.54) is 5.57 Å². The summed E-state index contributed by atoms with van der Waals surface area (Å²) in [5, 5.41) is 0. The topological polar surface area (TPSA) is 0 Å². The quantitative estimate of drug-likeness (QED) is 0.487. The van der Waals surface area contributed by atoms with Gasteiger partial charge in [0.05, 0.1) is 0 Å². The van der Waals surface area contributed by atoms with E-state index in [0.29, 0.717) is 0 Å². The molecule has 0 radical (unpaired) electrons. The molecule has 0 aromatic carbocycles. The first kappa shape index (κ1) is 8.88. The molecule has 0 N–H and O–H groups in total. The SMILES string of the molecule is C=CCC1=CC=CC1.[Pd]. The van der Waals surface area contributed by atoms with Crippen molar-refractivity contribution in [1.82, 2.24) is 0 Å². The number of hydrogen-bond acceptors (Lipinski definition) is 0. The first-order chi connectivity index (χ1) is 3.93. The van der Waals surface area contributed by atoms with Crippen molar-refractivity contribution in [3.8, 4) is 0 Å². The van der Waals surface area contributed by atoms with E-state index in [0.717, 1.165) is 12.8 Å². The molecule has 0 bridgehead atoms. The summed E-state index contributed by atoms with van der Waals surface area (Å²) in [6.45, 7) is 3.66. The van der Waals surface area contributed by atoms with Crippen LogP contribution in [0.25, 0.3) is 0 Å². The van der Waals surface area contributed by atoms with Crippen LogP contribution in [0.3, 0.4) is 0 Å². The monoisotopic (exact) mass is 212 g/mol. The van der Waals surface area contributed by atoms with Gasteiger partial charge in [0.25, 0.3) is 0 Å². The van der Waals surface area contributed by atoms with Crippen LogP contribution in [0.5, 0.6) is 0 Å². The Balaban J connectivity index is 0.000000640. The first-order valence-corrected chi connectivity index (χ1v) is 2.89. The largest absolute Gasteiger partial charge is 0.103 e. The normalized spacial score (nSPS) is 14.4. The fourth-order valence-corrected chi connectivity index (χ4v) is 0.828. The van der Waals surface area contributed by atoms with Gasteiger partial charge in [0.2, 0.25) is 0 Å². The van der Waals surface area contributed by atoms with Crippen LogP contribution < -0.4 is 0 Å². The second kappa shape index (κ2) is 4.73. The summed E-state index contributed by atoms with van der Waals surface area (Å²) in [7, 11) is 0. The van der Waals surface area contributed by atoms with Crippen LogP contribution in [-0.2, 0) is 20.4 Å². The van der Waals surface area contributed by atoms with Gasteiger partial charge in [-0.1, -0.05) is 29.9 Å². The summed E-state index contributed by atoms with van der Waals surface area (Å²) in [6.07, 6.45) is 10.5. The van der Waals surface area contributed by atoms with Gasteiger partial charge in [0, 0.05) is 20.4 Å². The minimum Gasteiger partial charge on any atom is -0.103 e. The summed E-state index contributed by atoms with van der Waals surface area (Å²) in [5.41, 5.74) is 1.47. The Morgan fingerprint density at radius 1 is 1.67 bits per heavy atom. The Labute approximate surface area is 70.0 Å². The molecule has 0 heterocycles. The van der Waals surface area contributed by atoms with E-state index in [2.05, 4.69) is 24.8 Å². The molecule has 1 heteroatoms. The Kier molecular flexibility index (Phi) is 4.67. The van der Waals surface area contributed by atoms with Crippen LogP contribution in [0, 0.1) is 0 Å². The Morgan fingerprint density at radius 2 is 2.44 bits per heavy atom. The van der Waals surface area contributed by atoms with Crippen LogP contribution >= 0.6 is 0 Å². The minimum absolute atomic E-state index is 0. The Bertz CT molecular complexity index is 143. The van der Waals surface area contributed by atoms with Crippen LogP contribution in [0.2, 0.25) is 0 Å². The second-order valence-electron chi connectivity index (χ2n) is 1.95. The van der Waals surface area contributed by atoms with Crippen molar-refractivity contribution in [3.05, 3.63) is 36.5 Å². The maximum absolute atomic E-state index is 3.66. The average molecular weight is 213 g/mol. The third kappa shape index (κ3) is 2.79. The van der Waals surface area contributed by atoms with E-state index < -0.39 is 0 Å². The zero-order valence-corrected chi connectivity index (χ0v) is 6.80. The van der Waals surface area contributed by atoms with E-state index in [9.17, 15) is 0 Å². The molecule has 9 heavy (non-hydrogen) atoms. The molecule has 1 rings (SSSR count). The van der Waals surface area contributed by atoms with Crippen LogP contribution in [0.15, 0.2) is 36.5 Å². The van der Waals surface area contributed by atoms with E-state index in [1.54, 1.807) is 0 Å². The molecule has 1 aliphatic carbocycles. The molecule has 0 aliphatic heterocycles. The summed E-state index contributed by atoms with van der Waals surface area (Å²) in [4.78, 5) is 0. The van der Waals surface area contributed by atoms with Gasteiger partial charge in [-0.05, 0) is 12.8 Å². The van der Waals surface area contributed by atoms with Crippen molar-refractivity contribution >= 4 is 0 Å². The third-order valence-corrected chi connectivity index (χ3v) is 1.25. The van der Waals surface area contributed by atoms with Gasteiger partial charge in [-0.25, -0.2) is 0 Å². The van der Waals surface area contributed by atoms with Crippen molar-refractivity contribution in [2.45, 2.75) is 12.8 Å². The maximum Gasteiger partial charge on any atom is 0 e. The predicted octanol–water partition coefficient (Wildman–Crippen LogP) is 2.45. The molecule has 52 valence electrons. The van der Waals surface area contributed by atoms with Crippen LogP contribution in [0.1, 0.15) is 12.8 Å². The molecule has 0 saturated carbocycles. The molecular formula is C8H10Pd. The molecule has 0 aromatic heterocycles. The first-order valence-electron chi connectivity index (χ1n) is 2.89. The molecule has 0 unspecified atom stereocenters. The van der Waals surface area contributed by atoms with Crippen LogP contribution in [0.4, 0.5) is 0 Å². The molecular weight excluding hydrogens is 203 g/mol. The van der Waals surface area contributed by atoms with Crippen molar-refractivity contribution < 1.29 is 20.4 Å². The summed E-state index contributed by atoms with van der Waals surface area (Å²) in [5.74, 6) is 0. The van der Waals surface area contributed by atoms with Gasteiger partial charge in [0.1, 0.15) is 0 Å². The molecule has 0 saturated heterocycles. The fourth-order valence-electron chi connectivity index (χ4n) is 0.828. The fraction of sp³-hybridized carbons (Fsp3) is 0.250. The van der Waals surface area contributed by atoms with Crippen molar-refractivity contribution in [1.29, 1.82) is 0 Å². The maximum atomic E-state index is 3.66. The van der Waals surface area contributed by atoms with Gasteiger partial charge in [-0.3, -0.25) is 0 Å². The summed E-state index contributed by atoms with van der Waals surface area (Å²) < 4.78 is 0. The third-order valence-electron chi connectivity index (χ3n) is 1.25. The number of allylic oxidation sites excluding steroid dienone is 5. The van der Waals surface area contributed by atoms with E-state index in [-0.39, 0.29) is 20.4 Å². The minimum atomic E-state index is 0. The van der Waals surface area contributed by atoms with Crippen molar-refractivity contribution in [3.63, 3.8) is 0 Å². The zero-order chi connectivity index (χ0) is 5.82. The van der Waals surface area contributed by atoms with Gasteiger partial charge in [0.15, 0.2) is 0 Å². The van der Waals surface area contributed by atoms with Gasteiger partial charge < -0.3 is 0 Å². The van der Waals surface area contributed by atoms with Gasteiger partial charge in [-0.2, -0.15) is 0 Å². The molecule has 0 spiro atoms. The van der Waals surface area contributed by atoms with Gasteiger partial charge >= 0.3 is 0 Å². The summed E-state index contributed by atoms with van der Waals surface area (Å²) in [6, 6.07) is 0. The predicted molar refractivity (Wildman–Crippen MR) is 36.7 cm³/mol. The molecule has 0 aromatic rings.